The van der Waals surface area contributed by atoms with Crippen LogP contribution in [0.15, 0.2) is 23.6 Å². The highest BCUT2D eigenvalue weighted by molar-refractivity contribution is 6.86. The molecule has 0 amide bonds. The molecule has 111 valence electrons. The van der Waals surface area contributed by atoms with Crippen LogP contribution in [0.1, 0.15) is 52.4 Å². The predicted octanol–water partition coefficient (Wildman–Crippen LogP) is 5.32. The van der Waals surface area contributed by atoms with E-state index in [9.17, 15) is 0 Å². The van der Waals surface area contributed by atoms with Crippen LogP contribution in [-0.2, 0) is 0 Å². The van der Waals surface area contributed by atoms with Gasteiger partial charge < -0.3 is 4.23 Å². The van der Waals surface area contributed by atoms with Gasteiger partial charge >= 0.3 is 0 Å². The lowest BCUT2D eigenvalue weighted by Crippen LogP contribution is -2.50. The van der Waals surface area contributed by atoms with E-state index >= 15 is 0 Å². The van der Waals surface area contributed by atoms with Gasteiger partial charge in [-0.3, -0.25) is 0 Å². The fourth-order valence-corrected chi connectivity index (χ4v) is 6.64. The van der Waals surface area contributed by atoms with Crippen molar-refractivity contribution in [2.45, 2.75) is 72.0 Å². The van der Waals surface area contributed by atoms with Crippen molar-refractivity contribution < 1.29 is 0 Å². The van der Waals surface area contributed by atoms with Gasteiger partial charge in [-0.25, -0.2) is 0 Å². The van der Waals surface area contributed by atoms with E-state index in [4.69, 9.17) is 0 Å². The van der Waals surface area contributed by atoms with E-state index in [1.54, 1.807) is 0 Å². The number of unbranched alkanes of at least 4 members (excludes halogenated alkanes) is 4. The standard InChI is InChI=1S/C16H34NSi2/c1-7-9-11-13-15-18(16-14-12-10-8-2)17(3)19(4,5)6/h13-16H,7-12H2,1-6H3/b15-13+,16-14+. The van der Waals surface area contributed by atoms with Crippen LogP contribution in [0.3, 0.4) is 0 Å². The molecule has 0 spiro atoms. The number of rotatable bonds is 10. The Morgan fingerprint density at radius 3 is 1.63 bits per heavy atom. The molecule has 1 radical (unpaired) electrons. The first-order chi connectivity index (χ1) is 8.93. The van der Waals surface area contributed by atoms with Crippen LogP contribution in [0.5, 0.6) is 0 Å². The van der Waals surface area contributed by atoms with Crippen molar-refractivity contribution in [3.63, 3.8) is 0 Å². The van der Waals surface area contributed by atoms with E-state index in [-0.39, 0.29) is 0 Å². The van der Waals surface area contributed by atoms with Crippen molar-refractivity contribution in [3.05, 3.63) is 23.6 Å². The maximum Gasteiger partial charge on any atom is 0.185 e. The minimum absolute atomic E-state index is 0.607. The number of hydrogen-bond donors (Lipinski definition) is 0. The molecule has 0 aliphatic heterocycles. The molecule has 0 fully saturated rings. The Hall–Kier alpha value is -0.126. The average molecular weight is 297 g/mol. The van der Waals surface area contributed by atoms with Crippen LogP contribution >= 0.6 is 0 Å². The zero-order valence-corrected chi connectivity index (χ0v) is 16.0. The fourth-order valence-electron chi connectivity index (χ4n) is 1.72. The number of allylic oxidation sites excluding steroid dienone is 2. The summed E-state index contributed by atoms with van der Waals surface area (Å²) in [5.74, 6) is 0. The highest BCUT2D eigenvalue weighted by Gasteiger charge is 2.25. The van der Waals surface area contributed by atoms with Crippen LogP contribution in [0, 0.1) is 0 Å². The lowest BCUT2D eigenvalue weighted by Gasteiger charge is -2.33. The van der Waals surface area contributed by atoms with Crippen molar-refractivity contribution in [2.75, 3.05) is 7.05 Å². The van der Waals surface area contributed by atoms with Crippen molar-refractivity contribution in [3.8, 4) is 0 Å². The Bertz CT molecular complexity index is 248. The second-order valence-electron chi connectivity index (χ2n) is 6.24. The zero-order valence-electron chi connectivity index (χ0n) is 14.0. The quantitative estimate of drug-likeness (QED) is 0.390. The van der Waals surface area contributed by atoms with Crippen molar-refractivity contribution in [1.29, 1.82) is 0 Å². The van der Waals surface area contributed by atoms with Crippen molar-refractivity contribution >= 4 is 17.2 Å². The van der Waals surface area contributed by atoms with Gasteiger partial charge in [0.1, 0.15) is 8.24 Å². The molecule has 0 saturated heterocycles. The van der Waals surface area contributed by atoms with Gasteiger partial charge in [0.25, 0.3) is 0 Å². The summed E-state index contributed by atoms with van der Waals surface area (Å²) in [5, 5.41) is 0. The SMILES string of the molecule is CCCC/C=C/[Si](/C=C/CCCC)N(C)[Si](C)(C)C. The van der Waals surface area contributed by atoms with E-state index in [0.717, 1.165) is 0 Å². The third-order valence-corrected chi connectivity index (χ3v) is 10.1. The molecule has 0 rings (SSSR count). The summed E-state index contributed by atoms with van der Waals surface area (Å²) in [6.45, 7) is 11.9. The molecule has 1 nitrogen and oxygen atoms in total. The molecule has 0 aliphatic rings. The second kappa shape index (κ2) is 10.6. The van der Waals surface area contributed by atoms with E-state index < -0.39 is 17.2 Å². The minimum atomic E-state index is -1.18. The topological polar surface area (TPSA) is 3.24 Å². The lowest BCUT2D eigenvalue weighted by molar-refractivity contribution is 0.787. The van der Waals surface area contributed by atoms with Crippen molar-refractivity contribution in [2.24, 2.45) is 0 Å². The molecular weight excluding hydrogens is 262 g/mol. The summed E-state index contributed by atoms with van der Waals surface area (Å²) in [6, 6.07) is 0. The Labute approximate surface area is 124 Å². The third kappa shape index (κ3) is 9.41. The van der Waals surface area contributed by atoms with Crippen LogP contribution in [0.4, 0.5) is 0 Å². The summed E-state index contributed by atoms with van der Waals surface area (Å²) in [5.41, 5.74) is 5.00. The summed E-state index contributed by atoms with van der Waals surface area (Å²) in [7, 11) is 0.537. The highest BCUT2D eigenvalue weighted by atomic mass is 28.4. The van der Waals surface area contributed by atoms with E-state index in [2.05, 4.69) is 68.3 Å². The molecule has 0 aliphatic carbocycles. The molecule has 0 aromatic heterocycles. The first-order valence-electron chi connectivity index (χ1n) is 7.87. The summed E-state index contributed by atoms with van der Waals surface area (Å²) >= 11 is 0. The highest BCUT2D eigenvalue weighted by Crippen LogP contribution is 2.11. The van der Waals surface area contributed by atoms with E-state index in [0.29, 0.717) is 0 Å². The van der Waals surface area contributed by atoms with Gasteiger partial charge in [0.15, 0.2) is 8.96 Å². The van der Waals surface area contributed by atoms with E-state index in [1.165, 1.54) is 38.5 Å². The molecule has 0 unspecified atom stereocenters. The largest absolute Gasteiger partial charge is 0.343 e. The van der Waals surface area contributed by atoms with Gasteiger partial charge in [-0.1, -0.05) is 82.7 Å². The molecule has 0 atom stereocenters. The van der Waals surface area contributed by atoms with Gasteiger partial charge in [0, 0.05) is 0 Å². The Balaban J connectivity index is 4.54. The molecular formula is C16H34NSi2. The van der Waals surface area contributed by atoms with Gasteiger partial charge in [0.2, 0.25) is 0 Å². The molecule has 19 heavy (non-hydrogen) atoms. The molecule has 0 saturated carbocycles. The second-order valence-corrected chi connectivity index (χ2v) is 13.9. The Morgan fingerprint density at radius 1 is 0.895 bits per heavy atom. The normalized spacial score (nSPS) is 13.5. The Morgan fingerprint density at radius 2 is 1.32 bits per heavy atom. The molecule has 0 heterocycles. The smallest absolute Gasteiger partial charge is 0.185 e. The zero-order chi connectivity index (χ0) is 14.7. The minimum Gasteiger partial charge on any atom is -0.343 e. The maximum atomic E-state index is 2.68. The monoisotopic (exact) mass is 296 g/mol. The molecule has 0 bridgehead atoms. The van der Waals surface area contributed by atoms with Crippen LogP contribution in [0.25, 0.3) is 0 Å². The first kappa shape index (κ1) is 18.9. The number of hydrogen-bond acceptors (Lipinski definition) is 1. The van der Waals surface area contributed by atoms with Gasteiger partial charge in [0.05, 0.1) is 0 Å². The van der Waals surface area contributed by atoms with Gasteiger partial charge in [-0.2, -0.15) is 0 Å². The maximum absolute atomic E-state index is 2.68. The van der Waals surface area contributed by atoms with Gasteiger partial charge in [-0.05, 0) is 19.9 Å². The molecule has 0 N–H and O–H groups in total. The molecule has 0 aromatic rings. The third-order valence-electron chi connectivity index (χ3n) is 3.42. The Kier molecular flexibility index (Phi) is 10.6. The molecule has 3 heteroatoms. The fraction of sp³-hybridized carbons (Fsp3) is 0.750. The summed E-state index contributed by atoms with van der Waals surface area (Å²) in [4.78, 5) is 0. The lowest BCUT2D eigenvalue weighted by atomic mass is 10.2. The van der Waals surface area contributed by atoms with Crippen LogP contribution in [-0.4, -0.2) is 28.5 Å². The number of nitrogens with zero attached hydrogens (tertiary/aromatic N) is 1. The average Bonchev–Trinajstić information content (AvgIpc) is 2.35. The summed E-state index contributed by atoms with van der Waals surface area (Å²) < 4.78 is 2.68. The predicted molar refractivity (Wildman–Crippen MR) is 94.2 cm³/mol. The van der Waals surface area contributed by atoms with E-state index in [1.807, 2.05) is 0 Å². The van der Waals surface area contributed by atoms with Gasteiger partial charge in [-0.15, -0.1) is 0 Å². The first-order valence-corrected chi connectivity index (χ1v) is 12.9. The summed E-state index contributed by atoms with van der Waals surface area (Å²) in [6.07, 6.45) is 12.5. The van der Waals surface area contributed by atoms with Crippen molar-refractivity contribution in [1.82, 2.24) is 4.23 Å². The van der Waals surface area contributed by atoms with Crippen LogP contribution < -0.4 is 0 Å². The molecule has 0 aromatic carbocycles. The van der Waals surface area contributed by atoms with Crippen LogP contribution in [0.2, 0.25) is 19.6 Å².